The van der Waals surface area contributed by atoms with Crippen molar-refractivity contribution in [2.24, 2.45) is 5.92 Å². The van der Waals surface area contributed by atoms with Gasteiger partial charge in [0.05, 0.1) is 11.2 Å². The van der Waals surface area contributed by atoms with E-state index in [0.717, 1.165) is 0 Å². The van der Waals surface area contributed by atoms with Gasteiger partial charge >= 0.3 is 7.12 Å². The van der Waals surface area contributed by atoms with Crippen LogP contribution in [-0.4, -0.2) is 18.3 Å². The summed E-state index contributed by atoms with van der Waals surface area (Å²) in [7, 11) is -0.395. The molecule has 21 heavy (non-hydrogen) atoms. The van der Waals surface area contributed by atoms with Crippen LogP contribution in [0.1, 0.15) is 66.2 Å². The monoisotopic (exact) mass is 294 g/mol. The van der Waals surface area contributed by atoms with Crippen LogP contribution in [0.15, 0.2) is 24.0 Å². The van der Waals surface area contributed by atoms with Gasteiger partial charge in [0.1, 0.15) is 5.83 Å². The van der Waals surface area contributed by atoms with Gasteiger partial charge in [-0.15, -0.1) is 0 Å². The first-order valence-electron chi connectivity index (χ1n) is 8.19. The summed E-state index contributed by atoms with van der Waals surface area (Å²) in [5, 5.41) is 0. The van der Waals surface area contributed by atoms with E-state index in [0.29, 0.717) is 12.3 Å². The van der Waals surface area contributed by atoms with Crippen molar-refractivity contribution in [1.82, 2.24) is 0 Å². The summed E-state index contributed by atoms with van der Waals surface area (Å²) in [6, 6.07) is 0. The van der Waals surface area contributed by atoms with Crippen LogP contribution in [0.25, 0.3) is 0 Å². The lowest BCUT2D eigenvalue weighted by Gasteiger charge is -2.32. The SMILES string of the molecule is CC1(C)OB(/C=C/C=C(/F)CC2CCCCC2)OC1(C)C. The smallest absolute Gasteiger partial charge is 0.400 e. The predicted molar refractivity (Wildman–Crippen MR) is 85.6 cm³/mol. The average Bonchev–Trinajstić information content (AvgIpc) is 2.58. The normalized spacial score (nSPS) is 26.7. The van der Waals surface area contributed by atoms with Gasteiger partial charge in [0.15, 0.2) is 0 Å². The highest BCUT2D eigenvalue weighted by molar-refractivity contribution is 6.51. The zero-order valence-electron chi connectivity index (χ0n) is 13.8. The van der Waals surface area contributed by atoms with Crippen molar-refractivity contribution in [3.8, 4) is 0 Å². The minimum atomic E-state index is -0.395. The molecule has 1 saturated heterocycles. The first-order chi connectivity index (χ1) is 9.80. The second kappa shape index (κ2) is 6.66. The Morgan fingerprint density at radius 2 is 1.67 bits per heavy atom. The molecule has 118 valence electrons. The molecule has 0 spiro atoms. The van der Waals surface area contributed by atoms with Gasteiger partial charge in [-0.2, -0.15) is 0 Å². The highest BCUT2D eigenvalue weighted by Crippen LogP contribution is 2.37. The van der Waals surface area contributed by atoms with Crippen molar-refractivity contribution in [3.05, 3.63) is 24.0 Å². The fourth-order valence-corrected chi connectivity index (χ4v) is 2.95. The van der Waals surface area contributed by atoms with E-state index in [-0.39, 0.29) is 17.0 Å². The standard InChI is InChI=1S/C17H28BFO2/c1-16(2)17(3,4)21-18(20-16)12-8-11-15(19)13-14-9-6-5-7-10-14/h8,11-12,14H,5-7,9-10,13H2,1-4H3/b12-8+,15-11+. The lowest BCUT2D eigenvalue weighted by atomic mass is 9.86. The Balaban J connectivity index is 1.83. The molecule has 1 saturated carbocycles. The van der Waals surface area contributed by atoms with Crippen LogP contribution in [0.2, 0.25) is 0 Å². The van der Waals surface area contributed by atoms with Gasteiger partial charge in [-0.1, -0.05) is 44.2 Å². The molecule has 0 aromatic heterocycles. The zero-order valence-corrected chi connectivity index (χ0v) is 13.8. The molecule has 0 aromatic carbocycles. The molecular formula is C17H28BFO2. The van der Waals surface area contributed by atoms with Crippen molar-refractivity contribution in [3.63, 3.8) is 0 Å². The lowest BCUT2D eigenvalue weighted by Crippen LogP contribution is -2.41. The summed E-state index contributed by atoms with van der Waals surface area (Å²) in [5.41, 5.74) is -0.682. The molecule has 1 aliphatic carbocycles. The average molecular weight is 294 g/mol. The van der Waals surface area contributed by atoms with Gasteiger partial charge in [0, 0.05) is 6.42 Å². The van der Waals surface area contributed by atoms with E-state index in [1.165, 1.54) is 32.1 Å². The molecule has 0 unspecified atom stereocenters. The van der Waals surface area contributed by atoms with Crippen molar-refractivity contribution >= 4 is 7.12 Å². The molecule has 1 aliphatic heterocycles. The Hall–Kier alpha value is -0.605. The molecule has 0 aromatic rings. The molecule has 0 radical (unpaired) electrons. The third kappa shape index (κ3) is 4.43. The molecule has 0 atom stereocenters. The van der Waals surface area contributed by atoms with E-state index >= 15 is 0 Å². The molecule has 0 bridgehead atoms. The number of hydrogen-bond donors (Lipinski definition) is 0. The highest BCUT2D eigenvalue weighted by Gasteiger charge is 2.49. The van der Waals surface area contributed by atoms with Crippen LogP contribution in [0, 0.1) is 5.92 Å². The second-order valence-corrected chi connectivity index (χ2v) is 7.33. The molecule has 4 heteroatoms. The van der Waals surface area contributed by atoms with Gasteiger partial charge in [-0.3, -0.25) is 0 Å². The molecule has 2 rings (SSSR count). The first-order valence-corrected chi connectivity index (χ1v) is 8.19. The molecule has 2 fully saturated rings. The minimum Gasteiger partial charge on any atom is -0.400 e. The number of allylic oxidation sites excluding steroid dienone is 3. The maximum Gasteiger partial charge on any atom is 0.487 e. The highest BCUT2D eigenvalue weighted by atomic mass is 19.1. The Labute approximate surface area is 128 Å². The lowest BCUT2D eigenvalue weighted by molar-refractivity contribution is 0.00578. The maximum atomic E-state index is 13.9. The zero-order chi connectivity index (χ0) is 15.5. The van der Waals surface area contributed by atoms with E-state index in [1.54, 1.807) is 18.1 Å². The molecule has 0 N–H and O–H groups in total. The Morgan fingerprint density at radius 3 is 2.24 bits per heavy atom. The van der Waals surface area contributed by atoms with E-state index < -0.39 is 7.12 Å². The van der Waals surface area contributed by atoms with Crippen LogP contribution in [0.5, 0.6) is 0 Å². The van der Waals surface area contributed by atoms with Crippen LogP contribution in [0.4, 0.5) is 4.39 Å². The van der Waals surface area contributed by atoms with E-state index in [1.807, 2.05) is 27.7 Å². The summed E-state index contributed by atoms with van der Waals surface area (Å²) in [6.45, 7) is 8.06. The van der Waals surface area contributed by atoms with Crippen molar-refractivity contribution in [2.75, 3.05) is 0 Å². The molecule has 2 nitrogen and oxygen atoms in total. The van der Waals surface area contributed by atoms with Crippen molar-refractivity contribution < 1.29 is 13.7 Å². The van der Waals surface area contributed by atoms with Gasteiger partial charge in [-0.25, -0.2) is 4.39 Å². The van der Waals surface area contributed by atoms with Crippen LogP contribution >= 0.6 is 0 Å². The van der Waals surface area contributed by atoms with Crippen molar-refractivity contribution in [1.29, 1.82) is 0 Å². The topological polar surface area (TPSA) is 18.5 Å². The second-order valence-electron chi connectivity index (χ2n) is 7.33. The largest absolute Gasteiger partial charge is 0.487 e. The summed E-state index contributed by atoms with van der Waals surface area (Å²) in [4.78, 5) is 0. The van der Waals surface area contributed by atoms with Crippen molar-refractivity contribution in [2.45, 2.75) is 77.4 Å². The predicted octanol–water partition coefficient (Wildman–Crippen LogP) is 5.00. The number of hydrogen-bond acceptors (Lipinski definition) is 2. The molecule has 2 aliphatic rings. The van der Waals surface area contributed by atoms with Gasteiger partial charge in [-0.05, 0) is 39.7 Å². The first kappa shape index (κ1) is 16.8. The summed E-state index contributed by atoms with van der Waals surface area (Å²) in [5.74, 6) is 2.28. The summed E-state index contributed by atoms with van der Waals surface area (Å²) >= 11 is 0. The fraction of sp³-hybridized carbons (Fsp3) is 0.765. The third-order valence-electron chi connectivity index (χ3n) is 5.03. The van der Waals surface area contributed by atoms with Gasteiger partial charge in [0.2, 0.25) is 0 Å². The van der Waals surface area contributed by atoms with Crippen LogP contribution < -0.4 is 0 Å². The minimum absolute atomic E-state index is 0.0327. The van der Waals surface area contributed by atoms with Gasteiger partial charge < -0.3 is 9.31 Å². The van der Waals surface area contributed by atoms with E-state index in [9.17, 15) is 4.39 Å². The quantitative estimate of drug-likeness (QED) is 0.536. The Morgan fingerprint density at radius 1 is 1.10 bits per heavy atom. The number of rotatable bonds is 4. The van der Waals surface area contributed by atoms with E-state index in [4.69, 9.17) is 9.31 Å². The molecule has 0 amide bonds. The van der Waals surface area contributed by atoms with Crippen LogP contribution in [0.3, 0.4) is 0 Å². The van der Waals surface area contributed by atoms with E-state index in [2.05, 4.69) is 0 Å². The maximum absolute atomic E-state index is 13.9. The fourth-order valence-electron chi connectivity index (χ4n) is 2.95. The third-order valence-corrected chi connectivity index (χ3v) is 5.03. The van der Waals surface area contributed by atoms with Crippen LogP contribution in [-0.2, 0) is 9.31 Å². The summed E-state index contributed by atoms with van der Waals surface area (Å²) in [6.07, 6.45) is 10.0. The number of halogens is 1. The molecule has 1 heterocycles. The Bertz CT molecular complexity index is 393. The Kier molecular flexibility index (Phi) is 5.31. The molecular weight excluding hydrogens is 266 g/mol. The summed E-state index contributed by atoms with van der Waals surface area (Å²) < 4.78 is 25.6. The van der Waals surface area contributed by atoms with Gasteiger partial charge in [0.25, 0.3) is 0 Å².